The van der Waals surface area contributed by atoms with E-state index in [4.69, 9.17) is 9.47 Å². The molecule has 1 saturated carbocycles. The van der Waals surface area contributed by atoms with Crippen molar-refractivity contribution < 1.29 is 31.5 Å². The first kappa shape index (κ1) is 26.1. The van der Waals surface area contributed by atoms with Crippen molar-refractivity contribution in [1.29, 1.82) is 0 Å². The molecule has 3 atom stereocenters. The molecule has 0 radical (unpaired) electrons. The summed E-state index contributed by atoms with van der Waals surface area (Å²) in [6.45, 7) is 5.53. The van der Waals surface area contributed by atoms with Crippen molar-refractivity contribution in [1.82, 2.24) is 9.71 Å². The number of carbonyl (C=O) groups is 1. The Morgan fingerprint density at radius 2 is 1.74 bits per heavy atom. The number of rotatable bonds is 7. The maximum atomic E-state index is 14.3. The maximum Gasteiger partial charge on any atom is 0.241 e. The second-order valence-electron chi connectivity index (χ2n) is 10.5. The molecule has 8 nitrogen and oxygen atoms in total. The van der Waals surface area contributed by atoms with Gasteiger partial charge in [-0.3, -0.25) is 4.79 Å². The van der Waals surface area contributed by atoms with Gasteiger partial charge >= 0.3 is 0 Å². The zero-order chi connectivity index (χ0) is 27.2. The number of ether oxygens (including phenoxy) is 2. The first-order valence-corrected chi connectivity index (χ1v) is 13.6. The summed E-state index contributed by atoms with van der Waals surface area (Å²) in [6.07, 6.45) is 1.56. The smallest absolute Gasteiger partial charge is 0.241 e. The molecule has 3 aromatic rings. The number of nitrogens with zero attached hydrogens (tertiary/aromatic N) is 1. The lowest BCUT2D eigenvalue weighted by atomic mass is 10.0. The van der Waals surface area contributed by atoms with Crippen molar-refractivity contribution in [2.75, 3.05) is 11.9 Å². The van der Waals surface area contributed by atoms with Gasteiger partial charge in [-0.05, 0) is 75.2 Å². The molecule has 2 N–H and O–H groups in total. The highest BCUT2D eigenvalue weighted by molar-refractivity contribution is 7.89. The molecule has 0 saturated heterocycles. The second kappa shape index (κ2) is 9.63. The third-order valence-corrected chi connectivity index (χ3v) is 8.19. The Hall–Kier alpha value is -3.57. The molecule has 2 heterocycles. The van der Waals surface area contributed by atoms with Crippen molar-refractivity contribution >= 4 is 21.7 Å². The average molecular weight is 544 g/mol. The van der Waals surface area contributed by atoms with Gasteiger partial charge in [-0.2, -0.15) is 0 Å². The first-order valence-electron chi connectivity index (χ1n) is 12.1. The van der Waals surface area contributed by atoms with Crippen LogP contribution in [0, 0.1) is 23.5 Å². The monoisotopic (exact) mass is 543 g/mol. The van der Waals surface area contributed by atoms with Gasteiger partial charge in [0.05, 0.1) is 17.7 Å². The molecule has 2 aliphatic rings. The molecule has 0 bridgehead atoms. The number of sulfonamides is 1. The van der Waals surface area contributed by atoms with E-state index in [2.05, 4.69) is 15.0 Å². The van der Waals surface area contributed by atoms with E-state index in [-0.39, 0.29) is 52.9 Å². The molecule has 11 heteroatoms. The molecular weight excluding hydrogens is 516 g/mol. The van der Waals surface area contributed by atoms with E-state index in [0.717, 1.165) is 12.1 Å². The lowest BCUT2D eigenvalue weighted by Crippen LogP contribution is -2.40. The summed E-state index contributed by atoms with van der Waals surface area (Å²) in [5.41, 5.74) is -0.389. The molecule has 1 amide bonds. The summed E-state index contributed by atoms with van der Waals surface area (Å²) < 4.78 is 66.9. The summed E-state index contributed by atoms with van der Waals surface area (Å²) in [6, 6.07) is 11.3. The molecule has 0 unspecified atom stereocenters. The predicted octanol–water partition coefficient (Wildman–Crippen LogP) is 4.98. The fraction of sp³-hybridized carbons (Fsp3) is 0.333. The Morgan fingerprint density at radius 1 is 1.05 bits per heavy atom. The normalized spacial score (nSPS) is 20.1. The van der Waals surface area contributed by atoms with Crippen LogP contribution in [0.2, 0.25) is 0 Å². The lowest BCUT2D eigenvalue weighted by molar-refractivity contribution is -0.116. The Morgan fingerprint density at radius 3 is 2.39 bits per heavy atom. The van der Waals surface area contributed by atoms with E-state index >= 15 is 0 Å². The summed E-state index contributed by atoms with van der Waals surface area (Å²) in [7, 11) is -3.66. The van der Waals surface area contributed by atoms with Crippen LogP contribution >= 0.6 is 0 Å². The van der Waals surface area contributed by atoms with E-state index in [1.807, 2.05) is 0 Å². The molecule has 200 valence electrons. The van der Waals surface area contributed by atoms with Gasteiger partial charge in [0.15, 0.2) is 11.6 Å². The van der Waals surface area contributed by atoms with Crippen LogP contribution in [0.5, 0.6) is 17.2 Å². The number of carbonyl (C=O) groups excluding carboxylic acids is 1. The Labute approximate surface area is 219 Å². The van der Waals surface area contributed by atoms with Crippen LogP contribution < -0.4 is 19.5 Å². The van der Waals surface area contributed by atoms with Crippen molar-refractivity contribution in [3.05, 3.63) is 71.9 Å². The van der Waals surface area contributed by atoms with Gasteiger partial charge in [-0.1, -0.05) is 0 Å². The summed E-state index contributed by atoms with van der Waals surface area (Å²) in [5.74, 6) is -0.738. The van der Waals surface area contributed by atoms with Gasteiger partial charge in [-0.25, -0.2) is 26.9 Å². The second-order valence-corrected chi connectivity index (χ2v) is 12.2. The molecule has 1 aliphatic heterocycles. The fourth-order valence-corrected chi connectivity index (χ4v) is 6.19. The number of amides is 1. The van der Waals surface area contributed by atoms with Crippen LogP contribution in [0.25, 0.3) is 0 Å². The number of hydrogen-bond acceptors (Lipinski definition) is 6. The van der Waals surface area contributed by atoms with E-state index in [1.54, 1.807) is 45.0 Å². The van der Waals surface area contributed by atoms with Crippen LogP contribution in [0.4, 0.5) is 14.6 Å². The number of fused-ring (bicyclic) bond motifs is 3. The summed E-state index contributed by atoms with van der Waals surface area (Å²) in [4.78, 5) is 16.9. The predicted molar refractivity (Wildman–Crippen MR) is 136 cm³/mol. The van der Waals surface area contributed by atoms with Gasteiger partial charge in [0, 0.05) is 29.4 Å². The minimum Gasteiger partial charge on any atom is -0.490 e. The largest absolute Gasteiger partial charge is 0.490 e. The lowest BCUT2D eigenvalue weighted by Gasteiger charge is -2.20. The highest BCUT2D eigenvalue weighted by Gasteiger charge is 2.56. The number of anilines is 1. The third-order valence-electron chi connectivity index (χ3n) is 6.42. The number of nitrogens with one attached hydrogen (secondary N) is 2. The molecule has 0 spiro atoms. The minimum absolute atomic E-state index is 0.0288. The third kappa shape index (κ3) is 5.48. The van der Waals surface area contributed by atoms with Gasteiger partial charge in [-0.15, -0.1) is 0 Å². The van der Waals surface area contributed by atoms with Crippen molar-refractivity contribution in [3.8, 4) is 17.2 Å². The van der Waals surface area contributed by atoms with Gasteiger partial charge in [0.25, 0.3) is 0 Å². The zero-order valence-corrected chi connectivity index (χ0v) is 21.8. The standard InChI is InChI=1S/C27H27F2N3O5S/c1-27(2,3)32-38(34,35)17-7-4-15(5-8-17)37-16-6-11-22(30-13-16)31-23(33)12-18-19-14-36-26-21(29)10-9-20(28)25(26)24(18)19/h4-11,13,18-19,24,32H,12,14H2,1-3H3,(H,30,31,33)/t18-,19+,24-/m1/s1. The van der Waals surface area contributed by atoms with Crippen LogP contribution in [0.3, 0.4) is 0 Å². The number of halogens is 2. The fourth-order valence-electron chi connectivity index (χ4n) is 4.77. The molecule has 5 rings (SSSR count). The van der Waals surface area contributed by atoms with Crippen LogP contribution in [0.1, 0.15) is 38.7 Å². The van der Waals surface area contributed by atoms with Gasteiger partial charge < -0.3 is 14.8 Å². The van der Waals surface area contributed by atoms with Crippen LogP contribution in [0.15, 0.2) is 59.6 Å². The quantitative estimate of drug-likeness (QED) is 0.435. The SMILES string of the molecule is CC(C)(C)NS(=O)(=O)c1ccc(Oc2ccc(NC(=O)C[C@@H]3[C@@H]4COc5c(F)ccc(F)c5[C@H]34)nc2)cc1. The molecule has 2 aromatic carbocycles. The van der Waals surface area contributed by atoms with E-state index in [0.29, 0.717) is 17.3 Å². The van der Waals surface area contributed by atoms with Gasteiger partial charge in [0.2, 0.25) is 15.9 Å². The topological polar surface area (TPSA) is 107 Å². The number of hydrogen-bond donors (Lipinski definition) is 2. The minimum atomic E-state index is -3.66. The van der Waals surface area contributed by atoms with E-state index in [1.165, 1.54) is 18.3 Å². The zero-order valence-electron chi connectivity index (χ0n) is 21.0. The highest BCUT2D eigenvalue weighted by atomic mass is 32.2. The summed E-state index contributed by atoms with van der Waals surface area (Å²) >= 11 is 0. The number of pyridine rings is 1. The van der Waals surface area contributed by atoms with E-state index < -0.39 is 27.2 Å². The molecule has 1 aromatic heterocycles. The molecule has 1 fully saturated rings. The molecule has 38 heavy (non-hydrogen) atoms. The Bertz CT molecular complexity index is 1470. The highest BCUT2D eigenvalue weighted by Crippen LogP contribution is 2.61. The number of benzene rings is 2. The average Bonchev–Trinajstić information content (AvgIpc) is 3.54. The maximum absolute atomic E-state index is 14.3. The summed E-state index contributed by atoms with van der Waals surface area (Å²) in [5, 5.41) is 2.72. The van der Waals surface area contributed by atoms with Crippen molar-refractivity contribution in [3.63, 3.8) is 0 Å². The van der Waals surface area contributed by atoms with E-state index in [9.17, 15) is 22.0 Å². The Kier molecular flexibility index (Phi) is 6.60. The van der Waals surface area contributed by atoms with Gasteiger partial charge in [0.1, 0.15) is 23.1 Å². The Balaban J connectivity index is 1.16. The molecule has 1 aliphatic carbocycles. The van der Waals surface area contributed by atoms with Crippen molar-refractivity contribution in [2.24, 2.45) is 11.8 Å². The first-order chi connectivity index (χ1) is 17.9. The van der Waals surface area contributed by atoms with Crippen LogP contribution in [-0.2, 0) is 14.8 Å². The number of aromatic nitrogens is 1. The van der Waals surface area contributed by atoms with Crippen LogP contribution in [-0.4, -0.2) is 31.5 Å². The molecular formula is C27H27F2N3O5S. The van der Waals surface area contributed by atoms with Crippen molar-refractivity contribution in [2.45, 2.75) is 43.5 Å².